The SMILES string of the molecule is O=C1C=CC2=CC(=S(=O)([O-])O)C=CC2=C1N=Nc1cc([N+](=O)[O-])ccc1O.[Na+]. The van der Waals surface area contributed by atoms with Crippen LogP contribution in [0.5, 0.6) is 5.75 Å². The minimum Gasteiger partial charge on any atom is -0.757 e. The van der Waals surface area contributed by atoms with Crippen molar-refractivity contribution >= 4 is 32.1 Å². The second-order valence-electron chi connectivity index (χ2n) is 5.40. The molecule has 2 N–H and O–H groups in total. The summed E-state index contributed by atoms with van der Waals surface area (Å²) in [5, 5.41) is 28.0. The Morgan fingerprint density at radius 1 is 1.11 bits per heavy atom. The maximum absolute atomic E-state index is 12.1. The number of hydrogen-bond donors (Lipinski definition) is 2. The summed E-state index contributed by atoms with van der Waals surface area (Å²) >= 11 is 0. The van der Waals surface area contributed by atoms with Gasteiger partial charge < -0.3 is 14.2 Å². The predicted molar refractivity (Wildman–Crippen MR) is 94.2 cm³/mol. The molecule has 1 unspecified atom stereocenters. The number of phenols is 1. The van der Waals surface area contributed by atoms with Crippen molar-refractivity contribution in [2.45, 2.75) is 0 Å². The number of aromatic hydroxyl groups is 1. The molecule has 0 heterocycles. The van der Waals surface area contributed by atoms with Crippen molar-refractivity contribution in [1.29, 1.82) is 0 Å². The van der Waals surface area contributed by atoms with E-state index in [4.69, 9.17) is 4.55 Å². The normalized spacial score (nSPS) is 17.9. The zero-order valence-electron chi connectivity index (χ0n) is 14.3. The molecule has 0 aromatic heterocycles. The molecular weight excluding hydrogens is 401 g/mol. The van der Waals surface area contributed by atoms with Crippen molar-refractivity contribution < 1.29 is 57.7 Å². The molecule has 0 saturated carbocycles. The number of fused-ring (bicyclic) bond motifs is 1. The summed E-state index contributed by atoms with van der Waals surface area (Å²) in [5.74, 6) is -0.901. The van der Waals surface area contributed by atoms with Gasteiger partial charge in [0.25, 0.3) is 5.69 Å². The van der Waals surface area contributed by atoms with Crippen molar-refractivity contribution in [3.63, 3.8) is 0 Å². The summed E-state index contributed by atoms with van der Waals surface area (Å²) in [5.41, 5.74) is -0.124. The van der Waals surface area contributed by atoms with Crippen LogP contribution in [0.4, 0.5) is 11.4 Å². The van der Waals surface area contributed by atoms with Gasteiger partial charge in [-0.1, -0.05) is 12.2 Å². The maximum Gasteiger partial charge on any atom is 1.00 e. The molecule has 1 atom stereocenters. The molecule has 28 heavy (non-hydrogen) atoms. The largest absolute Gasteiger partial charge is 1.00 e. The van der Waals surface area contributed by atoms with Crippen molar-refractivity contribution in [3.05, 3.63) is 75.5 Å². The molecule has 138 valence electrons. The van der Waals surface area contributed by atoms with E-state index in [2.05, 4.69) is 10.2 Å². The molecule has 1 aromatic carbocycles. The Balaban J connectivity index is 0.00000280. The van der Waals surface area contributed by atoms with E-state index < -0.39 is 20.8 Å². The molecule has 0 spiro atoms. The van der Waals surface area contributed by atoms with E-state index in [0.29, 0.717) is 5.57 Å². The Kier molecular flexibility index (Phi) is 6.49. The Morgan fingerprint density at radius 3 is 2.46 bits per heavy atom. The number of allylic oxidation sites excluding steroid dienone is 7. The summed E-state index contributed by atoms with van der Waals surface area (Å²) in [6.07, 6.45) is 6.03. The van der Waals surface area contributed by atoms with Crippen molar-refractivity contribution in [2.75, 3.05) is 0 Å². The summed E-state index contributed by atoms with van der Waals surface area (Å²) in [6.45, 7) is 0. The first-order chi connectivity index (χ1) is 12.7. The fraction of sp³-hybridized carbons (Fsp3) is 0. The van der Waals surface area contributed by atoms with Gasteiger partial charge in [-0.15, -0.1) is 10.2 Å². The van der Waals surface area contributed by atoms with E-state index in [1.807, 2.05) is 0 Å². The first-order valence-electron chi connectivity index (χ1n) is 7.27. The molecule has 12 heteroatoms. The number of phenolic OH excluding ortho intramolecular Hbond substituents is 1. The van der Waals surface area contributed by atoms with Gasteiger partial charge in [0, 0.05) is 32.7 Å². The van der Waals surface area contributed by atoms with Crippen LogP contribution >= 0.6 is 0 Å². The number of azo groups is 1. The van der Waals surface area contributed by atoms with E-state index in [1.54, 1.807) is 0 Å². The zero-order chi connectivity index (χ0) is 19.8. The Hall–Kier alpha value is -2.41. The average Bonchev–Trinajstić information content (AvgIpc) is 2.60. The van der Waals surface area contributed by atoms with Crippen LogP contribution in [-0.2, 0) is 14.9 Å². The molecule has 0 amide bonds. The van der Waals surface area contributed by atoms with Gasteiger partial charge in [-0.05, 0) is 29.9 Å². The van der Waals surface area contributed by atoms with Crippen LogP contribution in [0, 0.1) is 10.1 Å². The first kappa shape index (κ1) is 21.9. The second kappa shape index (κ2) is 8.31. The number of non-ortho nitro benzene ring substituents is 1. The Labute approximate surface area is 180 Å². The fourth-order valence-corrected chi connectivity index (χ4v) is 2.86. The molecule has 0 radical (unpaired) electrons. The fourth-order valence-electron chi connectivity index (χ4n) is 2.34. The predicted octanol–water partition coefficient (Wildman–Crippen LogP) is -0.663. The van der Waals surface area contributed by atoms with Gasteiger partial charge in [-0.25, -0.2) is 0 Å². The third-order valence-corrected chi connectivity index (χ3v) is 4.50. The summed E-state index contributed by atoms with van der Waals surface area (Å²) in [7, 11) is -4.42. The number of nitro benzene ring substituents is 1. The van der Waals surface area contributed by atoms with Crippen molar-refractivity contribution in [3.8, 4) is 5.75 Å². The maximum atomic E-state index is 12.1. The number of carbonyl (C=O) groups is 1. The minimum atomic E-state index is -4.42. The number of ketones is 1. The van der Waals surface area contributed by atoms with Gasteiger partial charge >= 0.3 is 29.6 Å². The number of hydrogen-bond acceptors (Lipinski definition) is 8. The van der Waals surface area contributed by atoms with Crippen LogP contribution in [-0.4, -0.2) is 34.0 Å². The monoisotopic (exact) mass is 411 g/mol. The van der Waals surface area contributed by atoms with Gasteiger partial charge in [-0.2, -0.15) is 0 Å². The molecule has 2 aliphatic rings. The molecule has 0 bridgehead atoms. The van der Waals surface area contributed by atoms with Crippen LogP contribution < -0.4 is 29.6 Å². The smallest absolute Gasteiger partial charge is 0.757 e. The third-order valence-electron chi connectivity index (χ3n) is 3.65. The van der Waals surface area contributed by atoms with Gasteiger partial charge in [-0.3, -0.25) is 19.1 Å². The van der Waals surface area contributed by atoms with Crippen LogP contribution in [0.25, 0.3) is 0 Å². The molecule has 0 fully saturated rings. The second-order valence-corrected chi connectivity index (χ2v) is 6.82. The van der Waals surface area contributed by atoms with Gasteiger partial charge in [0.1, 0.15) is 17.1 Å². The number of nitro groups is 1. The van der Waals surface area contributed by atoms with Gasteiger partial charge in [0.05, 0.1) is 4.92 Å². The zero-order valence-corrected chi connectivity index (χ0v) is 17.1. The number of rotatable bonds is 3. The van der Waals surface area contributed by atoms with Crippen LogP contribution in [0.1, 0.15) is 0 Å². The Morgan fingerprint density at radius 2 is 1.82 bits per heavy atom. The van der Waals surface area contributed by atoms with Crippen molar-refractivity contribution in [1.82, 2.24) is 0 Å². The van der Waals surface area contributed by atoms with E-state index in [1.165, 1.54) is 12.2 Å². The number of carbonyl (C=O) groups excluding carboxylic acids is 1. The van der Waals surface area contributed by atoms with E-state index in [-0.39, 0.29) is 62.8 Å². The van der Waals surface area contributed by atoms with Crippen molar-refractivity contribution in [2.24, 2.45) is 10.2 Å². The third kappa shape index (κ3) is 4.52. The molecule has 10 nitrogen and oxygen atoms in total. The minimum absolute atomic E-state index is 0. The first-order valence-corrected chi connectivity index (χ1v) is 8.71. The van der Waals surface area contributed by atoms with Gasteiger partial charge in [0.15, 0.2) is 0 Å². The average molecular weight is 411 g/mol. The molecule has 2 aliphatic carbocycles. The van der Waals surface area contributed by atoms with E-state index in [9.17, 15) is 28.8 Å². The van der Waals surface area contributed by atoms with E-state index >= 15 is 0 Å². The topological polar surface area (TPSA) is 166 Å². The molecule has 0 aliphatic heterocycles. The Bertz CT molecular complexity index is 1150. The summed E-state index contributed by atoms with van der Waals surface area (Å²) in [6, 6.07) is 3.15. The molecule has 0 saturated heterocycles. The van der Waals surface area contributed by atoms with E-state index in [0.717, 1.165) is 36.4 Å². The molecule has 1 aromatic rings. The summed E-state index contributed by atoms with van der Waals surface area (Å²) in [4.78, 5) is 21.9. The van der Waals surface area contributed by atoms with Crippen LogP contribution in [0.15, 0.2) is 75.7 Å². The summed E-state index contributed by atoms with van der Waals surface area (Å²) < 4.78 is 31.6. The standard InChI is InChI=1S/C16H11N3O7S.Na/c20-14-6-2-10(19(22)23)8-13(14)17-18-16-12-4-3-11(27(24,25)26)7-9(12)1-5-15(16)21;/h1-8,20H,(H2,24,25,26);/q;+1/p-1. The quantitative estimate of drug-likeness (QED) is 0.219. The van der Waals surface area contributed by atoms with Crippen LogP contribution in [0.2, 0.25) is 0 Å². The van der Waals surface area contributed by atoms with Gasteiger partial charge in [0.2, 0.25) is 5.78 Å². The molecule has 3 rings (SSSR count). The number of benzene rings is 1. The molecular formula is C16H10N3NaO7S. The number of nitrogens with zero attached hydrogens (tertiary/aromatic N) is 3. The van der Waals surface area contributed by atoms with Crippen LogP contribution in [0.3, 0.4) is 0 Å².